The van der Waals surface area contributed by atoms with Gasteiger partial charge in [0, 0.05) is 16.6 Å². The van der Waals surface area contributed by atoms with Crippen molar-refractivity contribution in [1.29, 1.82) is 0 Å². The van der Waals surface area contributed by atoms with E-state index in [0.29, 0.717) is 34.8 Å². The Morgan fingerprint density at radius 1 is 1.29 bits per heavy atom. The van der Waals surface area contributed by atoms with Crippen LogP contribution < -0.4 is 10.1 Å². The van der Waals surface area contributed by atoms with Crippen LogP contribution in [0.15, 0.2) is 46.6 Å². The number of ether oxygens (including phenoxy) is 1. The molecule has 6 nitrogen and oxygen atoms in total. The van der Waals surface area contributed by atoms with E-state index in [1.54, 1.807) is 12.1 Å². The van der Waals surface area contributed by atoms with Crippen molar-refractivity contribution in [2.24, 2.45) is 4.99 Å². The number of hydrogen-bond donors (Lipinski definition) is 1. The largest absolute Gasteiger partial charge is 0.491 e. The van der Waals surface area contributed by atoms with Gasteiger partial charge >= 0.3 is 0 Å². The third-order valence-corrected chi connectivity index (χ3v) is 5.24. The Morgan fingerprint density at radius 3 is 2.81 bits per heavy atom. The maximum atomic E-state index is 15.0. The Kier molecular flexibility index (Phi) is 7.70. The summed E-state index contributed by atoms with van der Waals surface area (Å²) < 4.78 is 21.9. The van der Waals surface area contributed by atoms with E-state index in [1.807, 2.05) is 12.1 Å². The molecule has 0 atom stereocenters. The van der Waals surface area contributed by atoms with Gasteiger partial charge in [0.1, 0.15) is 24.5 Å². The maximum absolute atomic E-state index is 15.0. The van der Waals surface area contributed by atoms with E-state index in [2.05, 4.69) is 68.4 Å². The molecule has 1 heterocycles. The SMILES string of the molecule is C=Cc1c(N=C)ccc(Nc2ncnc3cc(Br)cc(OCCN(C)CCC)c23)c1F. The van der Waals surface area contributed by atoms with Gasteiger partial charge in [-0.25, -0.2) is 14.4 Å². The standard InChI is InChI=1S/C23H25BrFN5O/c1-5-9-30(4)10-11-31-20-13-15(24)12-19-21(20)23(28-14-27-19)29-18-8-7-17(26-3)16(6-2)22(18)25/h6-8,12-14H,2-3,5,9-11H2,1,4H3,(H,27,28,29). The van der Waals surface area contributed by atoms with Gasteiger partial charge in [-0.3, -0.25) is 4.99 Å². The molecular weight excluding hydrogens is 461 g/mol. The number of fused-ring (bicyclic) bond motifs is 1. The van der Waals surface area contributed by atoms with Crippen molar-refractivity contribution in [3.05, 3.63) is 53.0 Å². The second kappa shape index (κ2) is 10.5. The number of anilines is 2. The Bertz CT molecular complexity index is 1110. The van der Waals surface area contributed by atoms with Gasteiger partial charge in [0.2, 0.25) is 0 Å². The summed E-state index contributed by atoms with van der Waals surface area (Å²) in [7, 11) is 2.06. The van der Waals surface area contributed by atoms with E-state index in [9.17, 15) is 0 Å². The van der Waals surface area contributed by atoms with Crippen LogP contribution in [0.25, 0.3) is 17.0 Å². The molecule has 0 spiro atoms. The average Bonchev–Trinajstić information content (AvgIpc) is 2.74. The first kappa shape index (κ1) is 22.8. The van der Waals surface area contributed by atoms with Gasteiger partial charge in [-0.1, -0.05) is 35.5 Å². The molecule has 0 amide bonds. The van der Waals surface area contributed by atoms with E-state index in [0.717, 1.165) is 24.0 Å². The van der Waals surface area contributed by atoms with Crippen molar-refractivity contribution in [2.75, 3.05) is 32.1 Å². The Labute approximate surface area is 190 Å². The van der Waals surface area contributed by atoms with E-state index < -0.39 is 5.82 Å². The number of halogens is 2. The molecule has 0 bridgehead atoms. The number of benzene rings is 2. The Hall–Kier alpha value is -2.84. The third-order valence-electron chi connectivity index (χ3n) is 4.79. The highest BCUT2D eigenvalue weighted by atomic mass is 79.9. The van der Waals surface area contributed by atoms with E-state index in [1.165, 1.54) is 12.4 Å². The summed E-state index contributed by atoms with van der Waals surface area (Å²) in [5.74, 6) is 0.584. The van der Waals surface area contributed by atoms with Crippen molar-refractivity contribution in [3.63, 3.8) is 0 Å². The van der Waals surface area contributed by atoms with Crippen LogP contribution >= 0.6 is 15.9 Å². The molecule has 8 heteroatoms. The molecule has 0 saturated heterocycles. The number of nitrogens with zero attached hydrogens (tertiary/aromatic N) is 4. The lowest BCUT2D eigenvalue weighted by Gasteiger charge is -2.18. The average molecular weight is 486 g/mol. The highest BCUT2D eigenvalue weighted by molar-refractivity contribution is 9.10. The second-order valence-corrected chi connectivity index (χ2v) is 7.93. The van der Waals surface area contributed by atoms with Gasteiger partial charge in [-0.05, 0) is 51.0 Å². The van der Waals surface area contributed by atoms with Crippen LogP contribution in [0.4, 0.5) is 21.6 Å². The van der Waals surface area contributed by atoms with Crippen LogP contribution in [0.5, 0.6) is 5.75 Å². The molecule has 1 aromatic heterocycles. The minimum absolute atomic E-state index is 0.249. The first-order valence-electron chi connectivity index (χ1n) is 9.92. The number of nitrogens with one attached hydrogen (secondary N) is 1. The summed E-state index contributed by atoms with van der Waals surface area (Å²) in [5.41, 5.74) is 1.63. The molecule has 0 aliphatic carbocycles. The van der Waals surface area contributed by atoms with Crippen molar-refractivity contribution in [2.45, 2.75) is 13.3 Å². The van der Waals surface area contributed by atoms with Crippen LogP contribution in [-0.2, 0) is 0 Å². The highest BCUT2D eigenvalue weighted by Gasteiger charge is 2.16. The lowest BCUT2D eigenvalue weighted by atomic mass is 10.1. The summed E-state index contributed by atoms with van der Waals surface area (Å²) >= 11 is 3.51. The van der Waals surface area contributed by atoms with Crippen LogP contribution in [0, 0.1) is 5.82 Å². The molecule has 162 valence electrons. The fourth-order valence-corrected chi connectivity index (χ4v) is 3.70. The van der Waals surface area contributed by atoms with Gasteiger partial charge in [-0.2, -0.15) is 0 Å². The molecule has 0 unspecified atom stereocenters. The summed E-state index contributed by atoms with van der Waals surface area (Å²) in [6.45, 7) is 11.6. The number of rotatable bonds is 10. The highest BCUT2D eigenvalue weighted by Crippen LogP contribution is 2.36. The lowest BCUT2D eigenvalue weighted by molar-refractivity contribution is 0.239. The Balaban J connectivity index is 1.98. The lowest BCUT2D eigenvalue weighted by Crippen LogP contribution is -2.25. The fourth-order valence-electron chi connectivity index (χ4n) is 3.27. The zero-order chi connectivity index (χ0) is 22.4. The monoisotopic (exact) mass is 485 g/mol. The topological polar surface area (TPSA) is 62.6 Å². The molecule has 3 rings (SSSR count). The van der Waals surface area contributed by atoms with Crippen LogP contribution in [0.3, 0.4) is 0 Å². The van der Waals surface area contributed by atoms with E-state index in [4.69, 9.17) is 4.74 Å². The number of hydrogen-bond acceptors (Lipinski definition) is 6. The third kappa shape index (κ3) is 5.26. The molecule has 3 aromatic rings. The maximum Gasteiger partial charge on any atom is 0.156 e. The van der Waals surface area contributed by atoms with Gasteiger partial charge in [-0.15, -0.1) is 0 Å². The number of aromatic nitrogens is 2. The fraction of sp³-hybridized carbons (Fsp3) is 0.261. The molecule has 0 fully saturated rings. The molecule has 1 N–H and O–H groups in total. The summed E-state index contributed by atoms with van der Waals surface area (Å²) in [4.78, 5) is 14.8. The predicted octanol–water partition coefficient (Wildman–Crippen LogP) is 5.97. The minimum atomic E-state index is -0.479. The van der Waals surface area contributed by atoms with Crippen LogP contribution in [0.2, 0.25) is 0 Å². The van der Waals surface area contributed by atoms with Gasteiger partial charge in [0.25, 0.3) is 0 Å². The van der Waals surface area contributed by atoms with Crippen molar-refractivity contribution in [3.8, 4) is 5.75 Å². The molecular formula is C23H25BrFN5O. The summed E-state index contributed by atoms with van der Waals surface area (Å²) in [6.07, 6.45) is 3.93. The normalized spacial score (nSPS) is 11.0. The van der Waals surface area contributed by atoms with Crippen LogP contribution in [-0.4, -0.2) is 48.3 Å². The molecule has 0 saturated carbocycles. The quantitative estimate of drug-likeness (QED) is 0.358. The predicted molar refractivity (Wildman–Crippen MR) is 130 cm³/mol. The summed E-state index contributed by atoms with van der Waals surface area (Å²) in [6, 6.07) is 7.01. The van der Waals surface area contributed by atoms with Gasteiger partial charge in [0.15, 0.2) is 5.82 Å². The molecule has 0 aliphatic heterocycles. The first-order valence-corrected chi connectivity index (χ1v) is 10.7. The number of aliphatic imine (C=N–C) groups is 1. The zero-order valence-electron chi connectivity index (χ0n) is 17.7. The second-order valence-electron chi connectivity index (χ2n) is 7.02. The summed E-state index contributed by atoms with van der Waals surface area (Å²) in [5, 5.41) is 3.75. The number of likely N-dealkylation sites (N-methyl/N-ethyl adjacent to an activating group) is 1. The molecule has 0 aliphatic rings. The van der Waals surface area contributed by atoms with Gasteiger partial charge < -0.3 is 15.0 Å². The smallest absolute Gasteiger partial charge is 0.156 e. The zero-order valence-corrected chi connectivity index (χ0v) is 19.2. The van der Waals surface area contributed by atoms with Gasteiger partial charge in [0.05, 0.1) is 22.3 Å². The van der Waals surface area contributed by atoms with E-state index >= 15 is 4.39 Å². The van der Waals surface area contributed by atoms with Crippen LogP contribution in [0.1, 0.15) is 18.9 Å². The first-order chi connectivity index (χ1) is 15.0. The molecule has 2 aromatic carbocycles. The van der Waals surface area contributed by atoms with E-state index in [-0.39, 0.29) is 11.3 Å². The molecule has 0 radical (unpaired) electrons. The Morgan fingerprint density at radius 2 is 2.10 bits per heavy atom. The van der Waals surface area contributed by atoms with Crippen molar-refractivity contribution in [1.82, 2.24) is 14.9 Å². The minimum Gasteiger partial charge on any atom is -0.491 e. The van der Waals surface area contributed by atoms with Crippen molar-refractivity contribution >= 4 is 56.8 Å². The molecule has 31 heavy (non-hydrogen) atoms. The van der Waals surface area contributed by atoms with Crippen molar-refractivity contribution < 1.29 is 9.13 Å².